The first-order valence-corrected chi connectivity index (χ1v) is 18.2. The molecule has 262 valence electrons. The van der Waals surface area contributed by atoms with Crippen molar-refractivity contribution in [2.75, 3.05) is 13.2 Å². The van der Waals surface area contributed by atoms with Crippen LogP contribution in [0.3, 0.4) is 0 Å². The molecule has 0 bridgehead atoms. The van der Waals surface area contributed by atoms with Crippen molar-refractivity contribution in [1.82, 2.24) is 15.0 Å². The largest absolute Gasteiger partial charge is 0.462 e. The van der Waals surface area contributed by atoms with Crippen molar-refractivity contribution in [2.45, 2.75) is 169 Å². The molecule has 0 aromatic carbocycles. The van der Waals surface area contributed by atoms with E-state index in [1.54, 1.807) is 0 Å². The summed E-state index contributed by atoms with van der Waals surface area (Å²) in [6.07, 6.45) is 22.4. The molecule has 0 spiro atoms. The fraction of sp³-hybridized carbons (Fsp3) is 0.811. The van der Waals surface area contributed by atoms with E-state index in [9.17, 15) is 14.4 Å². The van der Waals surface area contributed by atoms with Gasteiger partial charge in [-0.15, -0.1) is 17.4 Å². The van der Waals surface area contributed by atoms with Gasteiger partial charge in [0, 0.05) is 25.8 Å². The monoisotopic (exact) mass is 645 g/mol. The van der Waals surface area contributed by atoms with E-state index in [0.29, 0.717) is 19.3 Å². The number of nitrogens with zero attached hydrogens (tertiary/aromatic N) is 3. The third-order valence-electron chi connectivity index (χ3n) is 8.63. The number of carbonyl (C=O) groups excluding carboxylic acids is 3. The minimum atomic E-state index is -0.668. The Labute approximate surface area is 279 Å². The molecule has 0 N–H and O–H groups in total. The van der Waals surface area contributed by atoms with Gasteiger partial charge in [-0.2, -0.15) is 0 Å². The van der Waals surface area contributed by atoms with Crippen LogP contribution in [-0.4, -0.2) is 52.2 Å². The molecular formula is C37H63N3O6. The number of aryl methyl sites for hydroxylation is 1. The highest BCUT2D eigenvalue weighted by molar-refractivity contribution is 6.00. The molecule has 0 saturated carbocycles. The van der Waals surface area contributed by atoms with E-state index >= 15 is 0 Å². The lowest BCUT2D eigenvalue weighted by atomic mass is 10.0. The highest BCUT2D eigenvalue weighted by atomic mass is 16.5. The normalized spacial score (nSPS) is 13.0. The van der Waals surface area contributed by atoms with Gasteiger partial charge in [0.15, 0.2) is 5.69 Å². The lowest BCUT2D eigenvalue weighted by Crippen LogP contribution is -2.24. The van der Waals surface area contributed by atoms with Crippen LogP contribution in [0.2, 0.25) is 0 Å². The summed E-state index contributed by atoms with van der Waals surface area (Å²) >= 11 is 0. The first-order valence-electron chi connectivity index (χ1n) is 18.2. The standard InChI is InChI=1S/C37H63N3O6/c1-7-13-16-17-18-19-20-21-25-33(41)46-32(22-10-4)26-27-40-35(37(43)45-29-31(12-6)24-15-9-3)34(38-39-40)36(42)44-28-30(11-5)23-14-8-2/h1,30-32H,8-29H2,2-6H3. The van der Waals surface area contributed by atoms with Gasteiger partial charge in [0.1, 0.15) is 6.10 Å². The van der Waals surface area contributed by atoms with Crippen molar-refractivity contribution < 1.29 is 28.6 Å². The van der Waals surface area contributed by atoms with Crippen LogP contribution in [-0.2, 0) is 25.5 Å². The molecule has 3 atom stereocenters. The summed E-state index contributed by atoms with van der Waals surface area (Å²) in [5.74, 6) is 1.66. The zero-order chi connectivity index (χ0) is 34.0. The second kappa shape index (κ2) is 26.2. The van der Waals surface area contributed by atoms with E-state index in [2.05, 4.69) is 43.9 Å². The van der Waals surface area contributed by atoms with Crippen molar-refractivity contribution in [3.05, 3.63) is 11.4 Å². The van der Waals surface area contributed by atoms with Gasteiger partial charge in [0.05, 0.1) is 13.2 Å². The first-order chi connectivity index (χ1) is 22.3. The smallest absolute Gasteiger partial charge is 0.361 e. The van der Waals surface area contributed by atoms with Crippen molar-refractivity contribution in [2.24, 2.45) is 11.8 Å². The Hall–Kier alpha value is -2.89. The Morgan fingerprint density at radius 3 is 1.89 bits per heavy atom. The molecule has 0 radical (unpaired) electrons. The molecule has 1 aromatic heterocycles. The van der Waals surface area contributed by atoms with Gasteiger partial charge in [0.25, 0.3) is 0 Å². The minimum Gasteiger partial charge on any atom is -0.462 e. The fourth-order valence-electron chi connectivity index (χ4n) is 5.43. The predicted octanol–water partition coefficient (Wildman–Crippen LogP) is 8.88. The molecule has 0 aliphatic heterocycles. The summed E-state index contributed by atoms with van der Waals surface area (Å²) in [4.78, 5) is 39.3. The summed E-state index contributed by atoms with van der Waals surface area (Å²) in [7, 11) is 0. The number of carbonyl (C=O) groups is 3. The second-order valence-electron chi connectivity index (χ2n) is 12.6. The Balaban J connectivity index is 2.92. The summed E-state index contributed by atoms with van der Waals surface area (Å²) in [6.45, 7) is 11.3. The summed E-state index contributed by atoms with van der Waals surface area (Å²) in [6, 6.07) is 0. The van der Waals surface area contributed by atoms with Gasteiger partial charge in [-0.1, -0.05) is 110 Å². The van der Waals surface area contributed by atoms with E-state index in [4.69, 9.17) is 20.6 Å². The van der Waals surface area contributed by atoms with Crippen molar-refractivity contribution in [3.63, 3.8) is 0 Å². The second-order valence-corrected chi connectivity index (χ2v) is 12.6. The number of terminal acetylenes is 1. The number of hydrogen-bond donors (Lipinski definition) is 0. The van der Waals surface area contributed by atoms with E-state index in [-0.39, 0.29) is 55.1 Å². The van der Waals surface area contributed by atoms with Crippen LogP contribution in [0.25, 0.3) is 0 Å². The lowest BCUT2D eigenvalue weighted by molar-refractivity contribution is -0.150. The van der Waals surface area contributed by atoms with Gasteiger partial charge in [-0.25, -0.2) is 14.3 Å². The zero-order valence-electron chi connectivity index (χ0n) is 29.7. The summed E-state index contributed by atoms with van der Waals surface area (Å²) in [5, 5.41) is 8.26. The first kappa shape index (κ1) is 41.1. The van der Waals surface area contributed by atoms with E-state index in [0.717, 1.165) is 103 Å². The van der Waals surface area contributed by atoms with Crippen LogP contribution in [0, 0.1) is 24.2 Å². The number of aromatic nitrogens is 3. The van der Waals surface area contributed by atoms with Gasteiger partial charge in [-0.3, -0.25) is 4.79 Å². The highest BCUT2D eigenvalue weighted by Crippen LogP contribution is 2.19. The van der Waals surface area contributed by atoms with Gasteiger partial charge in [-0.05, 0) is 43.9 Å². The van der Waals surface area contributed by atoms with E-state index < -0.39 is 11.9 Å². The zero-order valence-corrected chi connectivity index (χ0v) is 29.7. The SMILES string of the molecule is C#CCCCCCCCCC(=O)OC(CCC)CCn1nnc(C(=O)OCC(CC)CCCC)c1C(=O)OCC(CC)CCCC. The van der Waals surface area contributed by atoms with Gasteiger partial charge >= 0.3 is 17.9 Å². The maximum atomic E-state index is 13.5. The molecule has 46 heavy (non-hydrogen) atoms. The quantitative estimate of drug-likeness (QED) is 0.0385. The number of rotatable bonds is 28. The molecular weight excluding hydrogens is 582 g/mol. The van der Waals surface area contributed by atoms with Crippen LogP contribution < -0.4 is 0 Å². The average Bonchev–Trinajstić information content (AvgIpc) is 3.49. The van der Waals surface area contributed by atoms with Crippen LogP contribution in [0.1, 0.15) is 178 Å². The number of hydrogen-bond acceptors (Lipinski definition) is 8. The lowest BCUT2D eigenvalue weighted by Gasteiger charge is -2.18. The predicted molar refractivity (Wildman–Crippen MR) is 182 cm³/mol. The van der Waals surface area contributed by atoms with Crippen LogP contribution >= 0.6 is 0 Å². The Bertz CT molecular complexity index is 1020. The number of unbranched alkanes of at least 4 members (excludes halogenated alkanes) is 8. The summed E-state index contributed by atoms with van der Waals surface area (Å²) < 4.78 is 18.6. The number of esters is 3. The molecule has 1 rings (SSSR count). The van der Waals surface area contributed by atoms with Crippen molar-refractivity contribution >= 4 is 17.9 Å². The van der Waals surface area contributed by atoms with Crippen LogP contribution in [0.5, 0.6) is 0 Å². The molecule has 0 aliphatic rings. The maximum Gasteiger partial charge on any atom is 0.361 e. The topological polar surface area (TPSA) is 110 Å². The fourth-order valence-corrected chi connectivity index (χ4v) is 5.43. The molecule has 0 fully saturated rings. The van der Waals surface area contributed by atoms with Crippen LogP contribution in [0.15, 0.2) is 0 Å². The molecule has 9 heteroatoms. The van der Waals surface area contributed by atoms with Crippen LogP contribution in [0.4, 0.5) is 0 Å². The summed E-state index contributed by atoms with van der Waals surface area (Å²) in [5.41, 5.74) is -0.124. The number of ether oxygens (including phenoxy) is 3. The Morgan fingerprint density at radius 1 is 0.739 bits per heavy atom. The van der Waals surface area contributed by atoms with E-state index in [1.807, 2.05) is 6.92 Å². The van der Waals surface area contributed by atoms with E-state index in [1.165, 1.54) is 4.68 Å². The Morgan fingerprint density at radius 2 is 1.33 bits per heavy atom. The molecule has 9 nitrogen and oxygen atoms in total. The molecule has 1 heterocycles. The van der Waals surface area contributed by atoms with Crippen molar-refractivity contribution in [3.8, 4) is 12.3 Å². The molecule has 0 saturated heterocycles. The molecule has 3 unspecified atom stereocenters. The maximum absolute atomic E-state index is 13.5. The minimum absolute atomic E-state index is 0.000713. The third kappa shape index (κ3) is 17.1. The average molecular weight is 646 g/mol. The molecule has 1 aromatic rings. The van der Waals surface area contributed by atoms with Crippen molar-refractivity contribution in [1.29, 1.82) is 0 Å². The van der Waals surface area contributed by atoms with Gasteiger partial charge in [0.2, 0.25) is 5.69 Å². The highest BCUT2D eigenvalue weighted by Gasteiger charge is 2.29. The third-order valence-corrected chi connectivity index (χ3v) is 8.63. The van der Waals surface area contributed by atoms with Gasteiger partial charge < -0.3 is 14.2 Å². The Kier molecular flexibility index (Phi) is 23.4. The molecule has 0 amide bonds. The molecule has 0 aliphatic carbocycles.